The molecule has 26 heavy (non-hydrogen) atoms. The Hall–Kier alpha value is -1.95. The van der Waals surface area contributed by atoms with Crippen LogP contribution in [0.4, 0.5) is 5.69 Å². The SMILES string of the molecule is O=C(CNC(=O)[C@H]1COc2ccc(Cl)cc2C1)Nc1cc(Cl)ccc1Cl. The lowest BCUT2D eigenvalue weighted by Crippen LogP contribution is -2.40. The van der Waals surface area contributed by atoms with Crippen LogP contribution in [-0.2, 0) is 16.0 Å². The second kappa shape index (κ2) is 8.16. The van der Waals surface area contributed by atoms with Crippen molar-refractivity contribution in [3.63, 3.8) is 0 Å². The highest BCUT2D eigenvalue weighted by molar-refractivity contribution is 6.35. The van der Waals surface area contributed by atoms with Gasteiger partial charge in [-0.2, -0.15) is 0 Å². The van der Waals surface area contributed by atoms with Crippen molar-refractivity contribution in [3.8, 4) is 5.75 Å². The number of rotatable bonds is 4. The topological polar surface area (TPSA) is 67.4 Å². The van der Waals surface area contributed by atoms with Crippen LogP contribution in [0.1, 0.15) is 5.56 Å². The molecule has 0 aliphatic carbocycles. The van der Waals surface area contributed by atoms with E-state index in [2.05, 4.69) is 10.6 Å². The van der Waals surface area contributed by atoms with E-state index in [9.17, 15) is 9.59 Å². The van der Waals surface area contributed by atoms with Gasteiger partial charge in [-0.3, -0.25) is 9.59 Å². The van der Waals surface area contributed by atoms with Gasteiger partial charge < -0.3 is 15.4 Å². The van der Waals surface area contributed by atoms with Gasteiger partial charge in [0.1, 0.15) is 12.4 Å². The number of fused-ring (bicyclic) bond motifs is 1. The van der Waals surface area contributed by atoms with Crippen LogP contribution in [-0.4, -0.2) is 25.0 Å². The summed E-state index contributed by atoms with van der Waals surface area (Å²) in [4.78, 5) is 24.3. The molecule has 0 saturated carbocycles. The second-order valence-corrected chi connectivity index (χ2v) is 7.13. The van der Waals surface area contributed by atoms with Crippen molar-refractivity contribution < 1.29 is 14.3 Å². The highest BCUT2D eigenvalue weighted by Crippen LogP contribution is 2.30. The summed E-state index contributed by atoms with van der Waals surface area (Å²) < 4.78 is 5.59. The van der Waals surface area contributed by atoms with Crippen molar-refractivity contribution in [2.75, 3.05) is 18.5 Å². The minimum atomic E-state index is -0.400. The Kier molecular flexibility index (Phi) is 5.91. The van der Waals surface area contributed by atoms with Crippen LogP contribution < -0.4 is 15.4 Å². The highest BCUT2D eigenvalue weighted by atomic mass is 35.5. The van der Waals surface area contributed by atoms with Crippen molar-refractivity contribution in [2.45, 2.75) is 6.42 Å². The van der Waals surface area contributed by atoms with Crippen LogP contribution in [0.3, 0.4) is 0 Å². The maximum atomic E-state index is 12.3. The fourth-order valence-corrected chi connectivity index (χ4v) is 3.16. The van der Waals surface area contributed by atoms with Crippen molar-refractivity contribution in [2.24, 2.45) is 5.92 Å². The largest absolute Gasteiger partial charge is 0.492 e. The van der Waals surface area contributed by atoms with E-state index in [0.717, 1.165) is 11.3 Å². The van der Waals surface area contributed by atoms with Gasteiger partial charge in [-0.25, -0.2) is 0 Å². The molecule has 2 aromatic carbocycles. The zero-order chi connectivity index (χ0) is 18.7. The van der Waals surface area contributed by atoms with Crippen LogP contribution >= 0.6 is 34.8 Å². The molecular formula is C18H15Cl3N2O3. The van der Waals surface area contributed by atoms with E-state index in [1.165, 1.54) is 0 Å². The van der Waals surface area contributed by atoms with Gasteiger partial charge in [0.25, 0.3) is 0 Å². The summed E-state index contributed by atoms with van der Waals surface area (Å²) in [5, 5.41) is 6.63. The molecule has 1 aliphatic rings. The number of carbonyl (C=O) groups is 2. The minimum Gasteiger partial charge on any atom is -0.492 e. The number of hydrogen-bond donors (Lipinski definition) is 2. The molecule has 1 atom stereocenters. The summed E-state index contributed by atoms with van der Waals surface area (Å²) in [6, 6.07) is 10.1. The highest BCUT2D eigenvalue weighted by Gasteiger charge is 2.26. The molecule has 1 heterocycles. The lowest BCUT2D eigenvalue weighted by atomic mass is 9.96. The summed E-state index contributed by atoms with van der Waals surface area (Å²) >= 11 is 17.9. The van der Waals surface area contributed by atoms with Crippen LogP contribution in [0.2, 0.25) is 15.1 Å². The third kappa shape index (κ3) is 4.61. The van der Waals surface area contributed by atoms with E-state index in [-0.39, 0.29) is 25.0 Å². The molecule has 0 radical (unpaired) electrons. The maximum absolute atomic E-state index is 12.3. The Balaban J connectivity index is 1.54. The Morgan fingerprint density at radius 3 is 2.62 bits per heavy atom. The molecule has 0 bridgehead atoms. The van der Waals surface area contributed by atoms with E-state index in [0.29, 0.717) is 27.2 Å². The van der Waals surface area contributed by atoms with Gasteiger partial charge in [0.2, 0.25) is 11.8 Å². The normalized spacial score (nSPS) is 15.6. The molecule has 2 aromatic rings. The number of anilines is 1. The van der Waals surface area contributed by atoms with Crippen LogP contribution in [0, 0.1) is 5.92 Å². The first-order valence-corrected chi connectivity index (χ1v) is 8.99. The van der Waals surface area contributed by atoms with E-state index < -0.39 is 5.91 Å². The van der Waals surface area contributed by atoms with Crippen molar-refractivity contribution in [1.82, 2.24) is 5.32 Å². The average Bonchev–Trinajstić information content (AvgIpc) is 2.62. The van der Waals surface area contributed by atoms with Crippen LogP contribution in [0.5, 0.6) is 5.75 Å². The Labute approximate surface area is 165 Å². The second-order valence-electron chi connectivity index (χ2n) is 5.85. The Bertz CT molecular complexity index is 858. The number of benzene rings is 2. The number of ether oxygens (including phenoxy) is 1. The quantitative estimate of drug-likeness (QED) is 0.797. The van der Waals surface area contributed by atoms with Gasteiger partial charge in [-0.15, -0.1) is 0 Å². The zero-order valence-electron chi connectivity index (χ0n) is 13.5. The molecule has 2 amide bonds. The van der Waals surface area contributed by atoms with Gasteiger partial charge in [0.05, 0.1) is 23.2 Å². The molecule has 0 unspecified atom stereocenters. The first-order chi connectivity index (χ1) is 12.4. The summed E-state index contributed by atoms with van der Waals surface area (Å²) in [5.41, 5.74) is 1.27. The minimum absolute atomic E-state index is 0.180. The molecule has 5 nitrogen and oxygen atoms in total. The van der Waals surface area contributed by atoms with Gasteiger partial charge >= 0.3 is 0 Å². The fraction of sp³-hybridized carbons (Fsp3) is 0.222. The number of hydrogen-bond acceptors (Lipinski definition) is 3. The maximum Gasteiger partial charge on any atom is 0.243 e. The smallest absolute Gasteiger partial charge is 0.243 e. The van der Waals surface area contributed by atoms with Crippen LogP contribution in [0.25, 0.3) is 0 Å². The molecule has 136 valence electrons. The molecule has 0 fully saturated rings. The monoisotopic (exact) mass is 412 g/mol. The Morgan fingerprint density at radius 2 is 1.81 bits per heavy atom. The molecule has 0 spiro atoms. The number of nitrogens with one attached hydrogen (secondary N) is 2. The molecule has 0 saturated heterocycles. The molecule has 8 heteroatoms. The lowest BCUT2D eigenvalue weighted by molar-refractivity contribution is -0.128. The first-order valence-electron chi connectivity index (χ1n) is 7.86. The average molecular weight is 414 g/mol. The predicted octanol–water partition coefficient (Wildman–Crippen LogP) is 3.95. The Morgan fingerprint density at radius 1 is 1.08 bits per heavy atom. The van der Waals surface area contributed by atoms with Gasteiger partial charge in [-0.1, -0.05) is 34.8 Å². The number of carbonyl (C=O) groups excluding carboxylic acids is 2. The third-order valence-electron chi connectivity index (χ3n) is 3.93. The predicted molar refractivity (Wildman–Crippen MR) is 102 cm³/mol. The standard InChI is InChI=1S/C18H15Cl3N2O3/c19-12-2-4-16-10(6-12)5-11(9-26-16)18(25)22-8-17(24)23-15-7-13(20)1-3-14(15)21/h1-4,6-7,11H,5,8-9H2,(H,22,25)(H,23,24)/t11-/m1/s1. The first kappa shape index (κ1) is 18.8. The lowest BCUT2D eigenvalue weighted by Gasteiger charge is -2.24. The van der Waals surface area contributed by atoms with E-state index in [1.807, 2.05) is 0 Å². The summed E-state index contributed by atoms with van der Waals surface area (Å²) in [6.07, 6.45) is 0.503. The number of amides is 2. The molecule has 2 N–H and O–H groups in total. The third-order valence-corrected chi connectivity index (χ3v) is 4.73. The fourth-order valence-electron chi connectivity index (χ4n) is 2.63. The molecule has 1 aliphatic heterocycles. The van der Waals surface area contributed by atoms with Gasteiger partial charge in [0, 0.05) is 10.0 Å². The summed E-state index contributed by atoms with van der Waals surface area (Å²) in [7, 11) is 0. The molecular weight excluding hydrogens is 399 g/mol. The van der Waals surface area contributed by atoms with Gasteiger partial charge in [-0.05, 0) is 48.4 Å². The van der Waals surface area contributed by atoms with Crippen molar-refractivity contribution in [1.29, 1.82) is 0 Å². The van der Waals surface area contributed by atoms with E-state index in [4.69, 9.17) is 39.5 Å². The zero-order valence-corrected chi connectivity index (χ0v) is 15.8. The summed E-state index contributed by atoms with van der Waals surface area (Å²) in [6.45, 7) is 0.0722. The summed E-state index contributed by atoms with van der Waals surface area (Å²) in [5.74, 6) is -0.319. The van der Waals surface area contributed by atoms with Crippen LogP contribution in [0.15, 0.2) is 36.4 Å². The van der Waals surface area contributed by atoms with Crippen molar-refractivity contribution in [3.05, 3.63) is 57.0 Å². The van der Waals surface area contributed by atoms with Gasteiger partial charge in [0.15, 0.2) is 0 Å². The molecule has 0 aromatic heterocycles. The van der Waals surface area contributed by atoms with Crippen molar-refractivity contribution >= 4 is 52.3 Å². The number of halogens is 3. The molecule has 3 rings (SSSR count). The van der Waals surface area contributed by atoms with E-state index >= 15 is 0 Å². The van der Waals surface area contributed by atoms with E-state index in [1.54, 1.807) is 36.4 Å².